The fourth-order valence-electron chi connectivity index (χ4n) is 1.54. The molecule has 0 radical (unpaired) electrons. The minimum Gasteiger partial charge on any atom is -0.388 e. The van der Waals surface area contributed by atoms with Crippen LogP contribution in [0.2, 0.25) is 0 Å². The van der Waals surface area contributed by atoms with Gasteiger partial charge >= 0.3 is 0 Å². The quantitative estimate of drug-likeness (QED) is 0.876. The smallest absolute Gasteiger partial charge is 0.229 e. The lowest BCUT2D eigenvalue weighted by Gasteiger charge is -2.17. The number of rotatable bonds is 3. The van der Waals surface area contributed by atoms with Crippen molar-refractivity contribution in [2.45, 2.75) is 6.92 Å². The van der Waals surface area contributed by atoms with Gasteiger partial charge in [-0.2, -0.15) is 0 Å². The highest BCUT2D eigenvalue weighted by molar-refractivity contribution is 5.62. The first-order valence-electron chi connectivity index (χ1n) is 5.51. The Hall–Kier alpha value is -2.10. The Balaban J connectivity index is 2.29. The fraction of sp³-hybridized carbons (Fsp3) is 0.231. The fourth-order valence-corrected chi connectivity index (χ4v) is 1.54. The molecule has 1 heterocycles. The van der Waals surface area contributed by atoms with E-state index in [0.29, 0.717) is 5.95 Å². The maximum Gasteiger partial charge on any atom is 0.229 e. The van der Waals surface area contributed by atoms with Gasteiger partial charge in [0, 0.05) is 37.9 Å². The van der Waals surface area contributed by atoms with Crippen LogP contribution in [0, 0.1) is 6.92 Å². The van der Waals surface area contributed by atoms with Crippen molar-refractivity contribution in [3.63, 3.8) is 0 Å². The first-order valence-corrected chi connectivity index (χ1v) is 5.51. The molecule has 0 spiro atoms. The molecule has 2 rings (SSSR count). The van der Waals surface area contributed by atoms with Crippen LogP contribution in [-0.2, 0) is 0 Å². The molecule has 1 aromatic heterocycles. The molecule has 0 amide bonds. The van der Waals surface area contributed by atoms with Gasteiger partial charge in [-0.05, 0) is 30.7 Å². The van der Waals surface area contributed by atoms with Crippen LogP contribution in [0.25, 0.3) is 0 Å². The Morgan fingerprint density at radius 1 is 1.18 bits per heavy atom. The van der Waals surface area contributed by atoms with E-state index < -0.39 is 0 Å². The second-order valence-corrected chi connectivity index (χ2v) is 3.92. The summed E-state index contributed by atoms with van der Waals surface area (Å²) in [7, 11) is 3.86. The summed E-state index contributed by atoms with van der Waals surface area (Å²) < 4.78 is 0. The zero-order valence-corrected chi connectivity index (χ0v) is 10.3. The summed E-state index contributed by atoms with van der Waals surface area (Å²) in [6, 6.07) is 8.12. The van der Waals surface area contributed by atoms with Crippen LogP contribution in [0.1, 0.15) is 5.56 Å². The van der Waals surface area contributed by atoms with Crippen molar-refractivity contribution in [3.05, 3.63) is 42.2 Å². The molecule has 1 N–H and O–H groups in total. The third kappa shape index (κ3) is 2.53. The highest BCUT2D eigenvalue weighted by Gasteiger charge is 2.06. The molecule has 0 atom stereocenters. The lowest BCUT2D eigenvalue weighted by molar-refractivity contribution is 1.03. The number of anilines is 3. The SMILES string of the molecule is CNc1cccc(N(C)c2ncc(C)cn2)c1. The Kier molecular flexibility index (Phi) is 3.23. The van der Waals surface area contributed by atoms with E-state index in [9.17, 15) is 0 Å². The molecule has 0 unspecified atom stereocenters. The van der Waals surface area contributed by atoms with E-state index in [2.05, 4.69) is 21.4 Å². The molecule has 0 aliphatic carbocycles. The van der Waals surface area contributed by atoms with Crippen LogP contribution in [0.15, 0.2) is 36.7 Å². The van der Waals surface area contributed by atoms with Gasteiger partial charge in [-0.25, -0.2) is 9.97 Å². The molecule has 88 valence electrons. The molecular weight excluding hydrogens is 212 g/mol. The first kappa shape index (κ1) is 11.4. The van der Waals surface area contributed by atoms with Crippen molar-refractivity contribution in [2.24, 2.45) is 0 Å². The minimum absolute atomic E-state index is 0.698. The third-order valence-corrected chi connectivity index (χ3v) is 2.59. The Morgan fingerprint density at radius 3 is 2.53 bits per heavy atom. The second-order valence-electron chi connectivity index (χ2n) is 3.92. The maximum absolute atomic E-state index is 4.30. The number of aromatic nitrogens is 2. The predicted molar refractivity (Wildman–Crippen MR) is 70.8 cm³/mol. The van der Waals surface area contributed by atoms with Crippen molar-refractivity contribution in [2.75, 3.05) is 24.3 Å². The molecule has 17 heavy (non-hydrogen) atoms. The average Bonchev–Trinajstić information content (AvgIpc) is 2.39. The van der Waals surface area contributed by atoms with E-state index in [-0.39, 0.29) is 0 Å². The van der Waals surface area contributed by atoms with E-state index in [1.54, 1.807) is 0 Å². The summed E-state index contributed by atoms with van der Waals surface area (Å²) in [4.78, 5) is 10.6. The van der Waals surface area contributed by atoms with Crippen molar-refractivity contribution in [1.82, 2.24) is 9.97 Å². The van der Waals surface area contributed by atoms with E-state index >= 15 is 0 Å². The standard InChI is InChI=1S/C13H16N4/c1-10-8-15-13(16-9-10)17(3)12-6-4-5-11(7-12)14-2/h4-9,14H,1-3H3. The second kappa shape index (κ2) is 4.82. The molecule has 4 heteroatoms. The summed E-state index contributed by atoms with van der Waals surface area (Å²) in [5.74, 6) is 0.698. The van der Waals surface area contributed by atoms with Gasteiger partial charge in [0.25, 0.3) is 0 Å². The molecule has 0 saturated carbocycles. The maximum atomic E-state index is 4.30. The summed E-state index contributed by atoms with van der Waals surface area (Å²) >= 11 is 0. The molecule has 1 aromatic carbocycles. The van der Waals surface area contributed by atoms with Crippen molar-refractivity contribution in [3.8, 4) is 0 Å². The number of aryl methyl sites for hydroxylation is 1. The van der Waals surface area contributed by atoms with E-state index in [0.717, 1.165) is 16.9 Å². The highest BCUT2D eigenvalue weighted by Crippen LogP contribution is 2.22. The Labute approximate surface area is 101 Å². The lowest BCUT2D eigenvalue weighted by atomic mass is 10.2. The molecule has 0 saturated heterocycles. The van der Waals surface area contributed by atoms with Crippen LogP contribution in [0.5, 0.6) is 0 Å². The van der Waals surface area contributed by atoms with Gasteiger partial charge in [0.2, 0.25) is 5.95 Å². The molecule has 2 aromatic rings. The average molecular weight is 228 g/mol. The monoisotopic (exact) mass is 228 g/mol. The summed E-state index contributed by atoms with van der Waals surface area (Å²) in [5.41, 5.74) is 3.19. The zero-order chi connectivity index (χ0) is 12.3. The summed E-state index contributed by atoms with van der Waals surface area (Å²) in [5, 5.41) is 3.12. The van der Waals surface area contributed by atoms with Crippen molar-refractivity contribution < 1.29 is 0 Å². The van der Waals surface area contributed by atoms with Crippen LogP contribution in [0.3, 0.4) is 0 Å². The number of hydrogen-bond acceptors (Lipinski definition) is 4. The Bertz CT molecular complexity index is 493. The van der Waals surface area contributed by atoms with Gasteiger partial charge in [-0.3, -0.25) is 0 Å². The number of hydrogen-bond donors (Lipinski definition) is 1. The normalized spacial score (nSPS) is 10.1. The van der Waals surface area contributed by atoms with E-state index in [4.69, 9.17) is 0 Å². The van der Waals surface area contributed by atoms with E-state index in [1.165, 1.54) is 0 Å². The van der Waals surface area contributed by atoms with Crippen LogP contribution in [-0.4, -0.2) is 24.1 Å². The molecule has 0 bridgehead atoms. The Morgan fingerprint density at radius 2 is 1.88 bits per heavy atom. The number of nitrogens with zero attached hydrogens (tertiary/aromatic N) is 3. The zero-order valence-electron chi connectivity index (χ0n) is 10.3. The first-order chi connectivity index (χ1) is 8.20. The predicted octanol–water partition coefficient (Wildman–Crippen LogP) is 2.59. The van der Waals surface area contributed by atoms with Gasteiger partial charge in [-0.1, -0.05) is 6.07 Å². The topological polar surface area (TPSA) is 41.0 Å². The van der Waals surface area contributed by atoms with Crippen LogP contribution >= 0.6 is 0 Å². The van der Waals surface area contributed by atoms with Crippen molar-refractivity contribution >= 4 is 17.3 Å². The van der Waals surface area contributed by atoms with Gasteiger partial charge in [0.15, 0.2) is 0 Å². The van der Waals surface area contributed by atoms with Gasteiger partial charge in [0.05, 0.1) is 0 Å². The van der Waals surface area contributed by atoms with Gasteiger partial charge in [0.1, 0.15) is 0 Å². The highest BCUT2D eigenvalue weighted by atomic mass is 15.2. The molecule has 0 aliphatic rings. The lowest BCUT2D eigenvalue weighted by Crippen LogP contribution is -2.13. The van der Waals surface area contributed by atoms with Gasteiger partial charge in [-0.15, -0.1) is 0 Å². The molecule has 0 fully saturated rings. The van der Waals surface area contributed by atoms with E-state index in [1.807, 2.05) is 56.5 Å². The number of benzene rings is 1. The summed E-state index contributed by atoms with van der Waals surface area (Å²) in [6.07, 6.45) is 3.64. The van der Waals surface area contributed by atoms with Crippen molar-refractivity contribution in [1.29, 1.82) is 0 Å². The van der Waals surface area contributed by atoms with Crippen LogP contribution in [0.4, 0.5) is 17.3 Å². The third-order valence-electron chi connectivity index (χ3n) is 2.59. The summed E-state index contributed by atoms with van der Waals surface area (Å²) in [6.45, 7) is 1.98. The minimum atomic E-state index is 0.698. The van der Waals surface area contributed by atoms with Gasteiger partial charge < -0.3 is 10.2 Å². The largest absolute Gasteiger partial charge is 0.388 e. The molecule has 4 nitrogen and oxygen atoms in total. The molecular formula is C13H16N4. The molecule has 0 aliphatic heterocycles. The van der Waals surface area contributed by atoms with Crippen LogP contribution < -0.4 is 10.2 Å². The number of nitrogens with one attached hydrogen (secondary N) is 1.